The summed E-state index contributed by atoms with van der Waals surface area (Å²) in [7, 11) is 0. The second-order valence-corrected chi connectivity index (χ2v) is 3.29. The molecule has 0 aromatic heterocycles. The summed E-state index contributed by atoms with van der Waals surface area (Å²) in [6.45, 7) is 0. The van der Waals surface area contributed by atoms with Crippen LogP contribution in [0.3, 0.4) is 0 Å². The predicted molar refractivity (Wildman–Crippen MR) is 59.0 cm³/mol. The molecule has 2 heteroatoms. The number of hydrogen-bond acceptors (Lipinski definition) is 2. The van der Waals surface area contributed by atoms with Crippen molar-refractivity contribution in [1.29, 1.82) is 0 Å². The van der Waals surface area contributed by atoms with Gasteiger partial charge in [-0.15, -0.1) is 12.6 Å². The van der Waals surface area contributed by atoms with Crippen LogP contribution >= 0.6 is 12.6 Å². The van der Waals surface area contributed by atoms with Crippen molar-refractivity contribution in [3.63, 3.8) is 0 Å². The number of rotatable bonds is 2. The lowest BCUT2D eigenvalue weighted by Gasteiger charge is -2.06. The molecule has 0 bridgehead atoms. The first-order chi connectivity index (χ1) is 6.86. The maximum Gasteiger partial charge on any atom is 0.140 e. The minimum Gasteiger partial charge on any atom is -0.456 e. The van der Waals surface area contributed by atoms with Crippen LogP contribution in [0.5, 0.6) is 11.5 Å². The van der Waals surface area contributed by atoms with Crippen LogP contribution in [0.2, 0.25) is 0 Å². The van der Waals surface area contributed by atoms with Crippen LogP contribution in [-0.2, 0) is 0 Å². The van der Waals surface area contributed by atoms with E-state index in [4.69, 9.17) is 4.74 Å². The Labute approximate surface area is 88.8 Å². The highest BCUT2D eigenvalue weighted by atomic mass is 32.1. The molecule has 0 saturated heterocycles. The van der Waals surface area contributed by atoms with Crippen molar-refractivity contribution >= 4 is 12.6 Å². The minimum absolute atomic E-state index is 0.766. The van der Waals surface area contributed by atoms with Crippen LogP contribution in [0.15, 0.2) is 53.4 Å². The van der Waals surface area contributed by atoms with Crippen LogP contribution in [0.4, 0.5) is 0 Å². The molecule has 0 saturated carbocycles. The molecule has 2 aromatic rings. The maximum atomic E-state index is 5.61. The third-order valence-corrected chi connectivity index (χ3v) is 2.15. The zero-order valence-electron chi connectivity index (χ0n) is 7.47. The molecule has 1 radical (unpaired) electrons. The molecule has 0 atom stereocenters. The summed E-state index contributed by atoms with van der Waals surface area (Å²) < 4.78 is 5.61. The lowest BCUT2D eigenvalue weighted by molar-refractivity contribution is 0.471. The maximum absolute atomic E-state index is 5.61. The van der Waals surface area contributed by atoms with Crippen LogP contribution in [-0.4, -0.2) is 0 Å². The highest BCUT2D eigenvalue weighted by Crippen LogP contribution is 2.26. The van der Waals surface area contributed by atoms with Crippen LogP contribution in [0.1, 0.15) is 0 Å². The first-order valence-electron chi connectivity index (χ1n) is 4.28. The average molecular weight is 201 g/mol. The van der Waals surface area contributed by atoms with Gasteiger partial charge < -0.3 is 4.74 Å². The zero-order valence-corrected chi connectivity index (χ0v) is 8.37. The highest BCUT2D eigenvalue weighted by molar-refractivity contribution is 7.80. The Hall–Kier alpha value is -1.41. The van der Waals surface area contributed by atoms with Gasteiger partial charge in [-0.25, -0.2) is 0 Å². The fraction of sp³-hybridized carbons (Fsp3) is 0. The fourth-order valence-corrected chi connectivity index (χ4v) is 1.32. The molecule has 0 fully saturated rings. The molecule has 0 spiro atoms. The Morgan fingerprint density at radius 3 is 2.43 bits per heavy atom. The van der Waals surface area contributed by atoms with E-state index in [-0.39, 0.29) is 0 Å². The molecule has 1 nitrogen and oxygen atoms in total. The van der Waals surface area contributed by atoms with Gasteiger partial charge >= 0.3 is 0 Å². The number of ether oxygens (including phenoxy) is 1. The smallest absolute Gasteiger partial charge is 0.140 e. The molecular formula is C12H9OS. The van der Waals surface area contributed by atoms with Crippen molar-refractivity contribution < 1.29 is 4.74 Å². The van der Waals surface area contributed by atoms with E-state index in [9.17, 15) is 0 Å². The van der Waals surface area contributed by atoms with Gasteiger partial charge in [-0.05, 0) is 30.3 Å². The summed E-state index contributed by atoms with van der Waals surface area (Å²) in [4.78, 5) is 0.834. The summed E-state index contributed by atoms with van der Waals surface area (Å²) >= 11 is 4.30. The molecular weight excluding hydrogens is 192 g/mol. The van der Waals surface area contributed by atoms with Gasteiger partial charge in [0.05, 0.1) is 0 Å². The summed E-state index contributed by atoms with van der Waals surface area (Å²) in [5.41, 5.74) is 0. The van der Waals surface area contributed by atoms with Gasteiger partial charge in [0.2, 0.25) is 0 Å². The number of hydrogen-bond donors (Lipinski definition) is 1. The Bertz CT molecular complexity index is 412. The van der Waals surface area contributed by atoms with E-state index in [2.05, 4.69) is 18.7 Å². The molecule has 14 heavy (non-hydrogen) atoms. The van der Waals surface area contributed by atoms with Crippen molar-refractivity contribution in [1.82, 2.24) is 0 Å². The van der Waals surface area contributed by atoms with Crippen molar-refractivity contribution in [2.75, 3.05) is 0 Å². The summed E-state index contributed by atoms with van der Waals surface area (Å²) in [6, 6.07) is 17.9. The van der Waals surface area contributed by atoms with Crippen LogP contribution in [0.25, 0.3) is 0 Å². The fourth-order valence-electron chi connectivity index (χ4n) is 1.11. The molecule has 0 aliphatic heterocycles. The summed E-state index contributed by atoms with van der Waals surface area (Å²) in [6.07, 6.45) is 0. The van der Waals surface area contributed by atoms with Gasteiger partial charge in [0, 0.05) is 4.90 Å². The molecule has 2 aromatic carbocycles. The van der Waals surface area contributed by atoms with Gasteiger partial charge in [-0.3, -0.25) is 0 Å². The highest BCUT2D eigenvalue weighted by Gasteiger charge is 1.99. The Morgan fingerprint density at radius 2 is 1.71 bits per heavy atom. The van der Waals surface area contributed by atoms with Gasteiger partial charge in [-0.1, -0.05) is 24.3 Å². The lowest BCUT2D eigenvalue weighted by Crippen LogP contribution is -1.84. The Kier molecular flexibility index (Phi) is 2.75. The second kappa shape index (κ2) is 4.20. The summed E-state index contributed by atoms with van der Waals surface area (Å²) in [5.74, 6) is 1.56. The monoisotopic (exact) mass is 201 g/mol. The number of para-hydroxylation sites is 1. The minimum atomic E-state index is 0.766. The quantitative estimate of drug-likeness (QED) is 0.731. The second-order valence-electron chi connectivity index (χ2n) is 2.81. The topological polar surface area (TPSA) is 9.23 Å². The van der Waals surface area contributed by atoms with Gasteiger partial charge in [-0.2, -0.15) is 0 Å². The van der Waals surface area contributed by atoms with E-state index in [1.807, 2.05) is 48.5 Å². The van der Waals surface area contributed by atoms with E-state index in [1.54, 1.807) is 0 Å². The first-order valence-corrected chi connectivity index (χ1v) is 4.73. The molecule has 0 aliphatic carbocycles. The molecule has 0 unspecified atom stereocenters. The molecule has 69 valence electrons. The van der Waals surface area contributed by atoms with E-state index < -0.39 is 0 Å². The average Bonchev–Trinajstić information content (AvgIpc) is 2.23. The third-order valence-electron chi connectivity index (χ3n) is 1.78. The van der Waals surface area contributed by atoms with Crippen LogP contribution < -0.4 is 4.74 Å². The third kappa shape index (κ3) is 2.09. The standard InChI is InChI=1S/C12H9OS/c14-12-9-5-4-8-11(12)13-10-6-2-1-3-7-10/h2-9,14H. The number of thiol groups is 1. The largest absolute Gasteiger partial charge is 0.456 e. The van der Waals surface area contributed by atoms with Crippen molar-refractivity contribution in [2.24, 2.45) is 0 Å². The lowest BCUT2D eigenvalue weighted by atomic mass is 10.3. The molecule has 0 N–H and O–H groups in total. The Morgan fingerprint density at radius 1 is 1.00 bits per heavy atom. The SMILES string of the molecule is Sc1ccccc1Oc1cc[c]cc1. The van der Waals surface area contributed by atoms with Gasteiger partial charge in [0.1, 0.15) is 11.5 Å². The van der Waals surface area contributed by atoms with Crippen LogP contribution in [0, 0.1) is 6.07 Å². The van der Waals surface area contributed by atoms with E-state index in [1.165, 1.54) is 0 Å². The van der Waals surface area contributed by atoms with Gasteiger partial charge in [0.25, 0.3) is 0 Å². The van der Waals surface area contributed by atoms with Crippen molar-refractivity contribution in [3.05, 3.63) is 54.6 Å². The molecule has 2 rings (SSSR count). The van der Waals surface area contributed by atoms with E-state index >= 15 is 0 Å². The first kappa shape index (κ1) is 9.16. The molecule has 0 aliphatic rings. The Balaban J connectivity index is 2.24. The van der Waals surface area contributed by atoms with Gasteiger partial charge in [0.15, 0.2) is 0 Å². The normalized spacial score (nSPS) is 9.79. The van der Waals surface area contributed by atoms with Crippen molar-refractivity contribution in [2.45, 2.75) is 4.90 Å². The van der Waals surface area contributed by atoms with E-state index in [0.717, 1.165) is 16.4 Å². The van der Waals surface area contributed by atoms with E-state index in [0.29, 0.717) is 0 Å². The molecule has 0 amide bonds. The molecule has 0 heterocycles. The predicted octanol–water partition coefficient (Wildman–Crippen LogP) is 3.57. The summed E-state index contributed by atoms with van der Waals surface area (Å²) in [5, 5.41) is 0. The zero-order chi connectivity index (χ0) is 9.80. The van der Waals surface area contributed by atoms with Crippen molar-refractivity contribution in [3.8, 4) is 11.5 Å². The number of benzene rings is 2.